The summed E-state index contributed by atoms with van der Waals surface area (Å²) in [5.74, 6) is 0.0317. The molecule has 58 valence electrons. The summed E-state index contributed by atoms with van der Waals surface area (Å²) in [6.07, 6.45) is 0. The average Bonchev–Trinajstić information content (AvgIpc) is 1.96. The Balaban J connectivity index is 3.38. The summed E-state index contributed by atoms with van der Waals surface area (Å²) >= 11 is 0. The molecule has 0 heterocycles. The van der Waals surface area contributed by atoms with Crippen LogP contribution in [-0.4, -0.2) is 12.3 Å². The second-order valence-corrected chi connectivity index (χ2v) is 1.70. The molecule has 0 aromatic heterocycles. The van der Waals surface area contributed by atoms with Crippen molar-refractivity contribution >= 4 is 5.78 Å². The van der Waals surface area contributed by atoms with Gasteiger partial charge in [-0.3, -0.25) is 10.1 Å². The van der Waals surface area contributed by atoms with Gasteiger partial charge in [-0.05, 0) is 6.92 Å². The van der Waals surface area contributed by atoms with E-state index in [0.717, 1.165) is 0 Å². The zero-order valence-electron chi connectivity index (χ0n) is 6.19. The zero-order valence-corrected chi connectivity index (χ0v) is 6.19. The summed E-state index contributed by atoms with van der Waals surface area (Å²) in [6, 6.07) is 9.31. The summed E-state index contributed by atoms with van der Waals surface area (Å²) in [7, 11) is 0. The molecule has 0 saturated heterocycles. The Morgan fingerprint density at radius 2 is 2.18 bits per heavy atom. The van der Waals surface area contributed by atoms with Crippen LogP contribution in [0.5, 0.6) is 0 Å². The van der Waals surface area contributed by atoms with E-state index in [2.05, 4.69) is 34.8 Å². The minimum absolute atomic E-state index is 0.0317. The van der Waals surface area contributed by atoms with Crippen molar-refractivity contribution in [2.45, 2.75) is 6.92 Å². The highest BCUT2D eigenvalue weighted by molar-refractivity contribution is 5.77. The van der Waals surface area contributed by atoms with Gasteiger partial charge in [-0.15, -0.1) is 0 Å². The molecule has 0 aromatic carbocycles. The largest absolute Gasteiger partial charge is 0.358 e. The third kappa shape index (κ3) is 8.19. The average molecular weight is 151 g/mol. The molecule has 0 rings (SSSR count). The number of nitrogens with two attached hydrogens (primary N) is 1. The number of Topliss-reactive ketones (excluding diaryl/α,β-unsaturated/α-hetero) is 1. The van der Waals surface area contributed by atoms with Gasteiger partial charge in [-0.25, -0.2) is 0 Å². The fraction of sp³-hybridized carbons (Fsp3) is 0.286. The summed E-state index contributed by atoms with van der Waals surface area (Å²) in [4.78, 5) is 10.3. The first-order chi connectivity index (χ1) is 5.27. The third-order valence-electron chi connectivity index (χ3n) is 0.685. The van der Waals surface area contributed by atoms with Gasteiger partial charge in [-0.1, -0.05) is 0 Å². The molecule has 0 aliphatic rings. The first kappa shape index (κ1) is 9.19. The lowest BCUT2D eigenvalue weighted by Crippen LogP contribution is -2.15. The first-order valence-corrected chi connectivity index (χ1v) is 2.95. The molecule has 0 saturated carbocycles. The number of hydrogen-bond acceptors (Lipinski definition) is 4. The number of carbonyl (C=O) groups is 1. The van der Waals surface area contributed by atoms with Crippen molar-refractivity contribution < 1.29 is 4.79 Å². The van der Waals surface area contributed by atoms with Gasteiger partial charge in [0, 0.05) is 24.2 Å². The molecule has 4 nitrogen and oxygen atoms in total. The molecular formula is C7H9N3O. The van der Waals surface area contributed by atoms with Crippen LogP contribution in [0.4, 0.5) is 0 Å². The van der Waals surface area contributed by atoms with Crippen molar-refractivity contribution in [2.24, 2.45) is 5.73 Å². The summed E-state index contributed by atoms with van der Waals surface area (Å²) in [5, 5.41) is 4.95. The monoisotopic (exact) mass is 151 g/mol. The van der Waals surface area contributed by atoms with Crippen LogP contribution in [0.3, 0.4) is 0 Å². The SMILES string of the molecule is CC(=O)CNC#CNC#CN. The number of carbonyl (C=O) groups excluding carboxylic acids is 1. The first-order valence-electron chi connectivity index (χ1n) is 2.95. The molecule has 0 unspecified atom stereocenters. The second kappa shape index (κ2) is 6.31. The highest BCUT2D eigenvalue weighted by atomic mass is 16.1. The van der Waals surface area contributed by atoms with Gasteiger partial charge in [-0.2, -0.15) is 0 Å². The van der Waals surface area contributed by atoms with Gasteiger partial charge < -0.3 is 11.1 Å². The molecule has 0 aliphatic heterocycles. The Morgan fingerprint density at radius 1 is 1.45 bits per heavy atom. The van der Waals surface area contributed by atoms with Gasteiger partial charge in [0.2, 0.25) is 0 Å². The molecule has 11 heavy (non-hydrogen) atoms. The van der Waals surface area contributed by atoms with Crippen LogP contribution >= 0.6 is 0 Å². The van der Waals surface area contributed by atoms with Gasteiger partial charge >= 0.3 is 0 Å². The highest BCUT2D eigenvalue weighted by Crippen LogP contribution is 1.59. The van der Waals surface area contributed by atoms with Crippen LogP contribution in [0, 0.1) is 24.2 Å². The van der Waals surface area contributed by atoms with Crippen molar-refractivity contribution in [3.8, 4) is 24.2 Å². The van der Waals surface area contributed by atoms with Crippen LogP contribution in [0.2, 0.25) is 0 Å². The zero-order chi connectivity index (χ0) is 8.53. The molecule has 0 bridgehead atoms. The van der Waals surface area contributed by atoms with Gasteiger partial charge in [0.05, 0.1) is 6.54 Å². The Morgan fingerprint density at radius 3 is 2.73 bits per heavy atom. The third-order valence-corrected chi connectivity index (χ3v) is 0.685. The highest BCUT2D eigenvalue weighted by Gasteiger charge is 1.84. The quantitative estimate of drug-likeness (QED) is 0.333. The fourth-order valence-electron chi connectivity index (χ4n) is 0.311. The van der Waals surface area contributed by atoms with Crippen molar-refractivity contribution in [3.05, 3.63) is 0 Å². The molecule has 4 heteroatoms. The number of nitrogens with one attached hydrogen (secondary N) is 2. The van der Waals surface area contributed by atoms with E-state index in [1.807, 2.05) is 0 Å². The molecule has 4 N–H and O–H groups in total. The minimum Gasteiger partial charge on any atom is -0.358 e. The Labute approximate surface area is 65.5 Å². The molecule has 0 aliphatic carbocycles. The maximum absolute atomic E-state index is 10.3. The molecule has 0 radical (unpaired) electrons. The number of rotatable bonds is 2. The standard InChI is InChI=1S/C7H9N3O/c1-7(11)6-10-5-4-9-3-2-8/h9-10H,6,8H2,1H3. The van der Waals surface area contributed by atoms with Crippen LogP contribution in [-0.2, 0) is 4.79 Å². The molecule has 0 atom stereocenters. The maximum Gasteiger partial charge on any atom is 0.149 e. The molecule has 0 aromatic rings. The van der Waals surface area contributed by atoms with E-state index >= 15 is 0 Å². The van der Waals surface area contributed by atoms with E-state index in [-0.39, 0.29) is 12.3 Å². The Kier molecular flexibility index (Phi) is 5.27. The minimum atomic E-state index is 0.0317. The maximum atomic E-state index is 10.3. The number of ketones is 1. The second-order valence-electron chi connectivity index (χ2n) is 1.70. The van der Waals surface area contributed by atoms with E-state index in [4.69, 9.17) is 5.73 Å². The lowest BCUT2D eigenvalue weighted by molar-refractivity contribution is -0.116. The normalized spacial score (nSPS) is 6.27. The van der Waals surface area contributed by atoms with Crippen molar-refractivity contribution in [1.82, 2.24) is 10.6 Å². The van der Waals surface area contributed by atoms with Gasteiger partial charge in [0.25, 0.3) is 0 Å². The van der Waals surface area contributed by atoms with Crippen LogP contribution in [0.25, 0.3) is 0 Å². The Hall–Kier alpha value is -1.81. The predicted molar refractivity (Wildman–Crippen MR) is 41.6 cm³/mol. The molecule has 0 fully saturated rings. The summed E-state index contributed by atoms with van der Waals surface area (Å²) in [6.45, 7) is 1.71. The van der Waals surface area contributed by atoms with Crippen molar-refractivity contribution in [2.75, 3.05) is 6.54 Å². The van der Waals surface area contributed by atoms with E-state index in [1.165, 1.54) is 6.92 Å². The number of hydrogen-bond donors (Lipinski definition) is 3. The van der Waals surface area contributed by atoms with E-state index in [0.29, 0.717) is 0 Å². The Bertz CT molecular complexity index is 238. The van der Waals surface area contributed by atoms with Crippen molar-refractivity contribution in [1.29, 1.82) is 0 Å². The van der Waals surface area contributed by atoms with E-state index < -0.39 is 0 Å². The predicted octanol–water partition coefficient (Wildman–Crippen LogP) is -1.45. The lowest BCUT2D eigenvalue weighted by atomic mass is 10.4. The van der Waals surface area contributed by atoms with Gasteiger partial charge in [0.1, 0.15) is 5.78 Å². The molecular weight excluding hydrogens is 142 g/mol. The van der Waals surface area contributed by atoms with E-state index in [1.54, 1.807) is 0 Å². The van der Waals surface area contributed by atoms with Crippen LogP contribution < -0.4 is 16.4 Å². The van der Waals surface area contributed by atoms with Crippen LogP contribution in [0.1, 0.15) is 6.92 Å². The lowest BCUT2D eigenvalue weighted by Gasteiger charge is -1.88. The van der Waals surface area contributed by atoms with Crippen molar-refractivity contribution in [3.63, 3.8) is 0 Å². The molecule has 0 spiro atoms. The smallest absolute Gasteiger partial charge is 0.149 e. The van der Waals surface area contributed by atoms with E-state index in [9.17, 15) is 4.79 Å². The summed E-state index contributed by atoms with van der Waals surface area (Å²) < 4.78 is 0. The van der Waals surface area contributed by atoms with Crippen LogP contribution in [0.15, 0.2) is 0 Å². The fourth-order valence-corrected chi connectivity index (χ4v) is 0.311. The molecule has 0 amide bonds. The van der Waals surface area contributed by atoms with Gasteiger partial charge in [0.15, 0.2) is 0 Å². The summed E-state index contributed by atoms with van der Waals surface area (Å²) in [5.41, 5.74) is 4.83. The topological polar surface area (TPSA) is 67.2 Å².